The first-order chi connectivity index (χ1) is 51.1. The number of ether oxygens (including phenoxy) is 6. The van der Waals surface area contributed by atoms with Crippen LogP contribution in [0.3, 0.4) is 0 Å². The van der Waals surface area contributed by atoms with Gasteiger partial charge < -0.3 is 28.4 Å². The number of carbonyl (C=O) groups is 6. The van der Waals surface area contributed by atoms with Gasteiger partial charge in [-0.15, -0.1) is 0 Å². The van der Waals surface area contributed by atoms with Gasteiger partial charge in [-0.25, -0.2) is 0 Å². The highest BCUT2D eigenvalue weighted by Gasteiger charge is 2.38. The van der Waals surface area contributed by atoms with E-state index in [0.717, 1.165) is 67.4 Å². The number of halogens is 1. The topological polar surface area (TPSA) is 158 Å². The maximum absolute atomic E-state index is 13.1. The van der Waals surface area contributed by atoms with Gasteiger partial charge in [0.15, 0.2) is 0 Å². The summed E-state index contributed by atoms with van der Waals surface area (Å²) in [5.41, 5.74) is 4.28. The van der Waals surface area contributed by atoms with Crippen molar-refractivity contribution in [3.05, 3.63) is 203 Å². The molecule has 0 bridgehead atoms. The summed E-state index contributed by atoms with van der Waals surface area (Å²) in [5.74, 6) is -1.62. The second-order valence-electron chi connectivity index (χ2n) is 31.9. The third-order valence-corrected chi connectivity index (χ3v) is 23.6. The molecule has 3 saturated carbocycles. The lowest BCUT2D eigenvalue weighted by Crippen LogP contribution is -2.34. The quantitative estimate of drug-likeness (QED) is 0.0429. The Labute approximate surface area is 640 Å². The molecule has 0 radical (unpaired) electrons. The van der Waals surface area contributed by atoms with Crippen molar-refractivity contribution in [2.75, 3.05) is 0 Å². The number of rotatable bonds is 19. The zero-order valence-corrected chi connectivity index (χ0v) is 66.4. The highest BCUT2D eigenvalue weighted by Crippen LogP contribution is 2.42. The first-order valence-corrected chi connectivity index (χ1v) is 39.8. The van der Waals surface area contributed by atoms with Crippen LogP contribution < -0.4 is 0 Å². The van der Waals surface area contributed by atoms with E-state index in [0.29, 0.717) is 77.0 Å². The van der Waals surface area contributed by atoms with E-state index < -0.39 is 16.8 Å². The van der Waals surface area contributed by atoms with Crippen LogP contribution in [0.15, 0.2) is 180 Å². The zero-order chi connectivity index (χ0) is 76.5. The van der Waals surface area contributed by atoms with Crippen LogP contribution in [0.1, 0.15) is 202 Å². The van der Waals surface area contributed by atoms with Gasteiger partial charge in [-0.3, -0.25) is 28.8 Å². The normalized spacial score (nSPS) is 19.3. The molecule has 0 aromatic heterocycles. The van der Waals surface area contributed by atoms with Gasteiger partial charge in [-0.1, -0.05) is 168 Å². The van der Waals surface area contributed by atoms with Crippen LogP contribution in [0, 0.1) is 42.4 Å². The molecule has 3 unspecified atom stereocenters. The number of hydrogen-bond acceptors (Lipinski definition) is 12. The lowest BCUT2D eigenvalue weighted by atomic mass is 9.87. The molecule has 0 amide bonds. The minimum absolute atomic E-state index is 0.0764. The van der Waals surface area contributed by atoms with E-state index >= 15 is 0 Å². The minimum Gasteiger partial charge on any atom is -0.462 e. The molecule has 3 aliphatic rings. The SMILES string of the molecule is CCC(C)C(=O)OC1CCC(C(=O)OC(C)(C)c2ccc3cc4cc(-c5ccccc5)ccc4cc3c2)CC1.CCC(C)C(=O)OC1CCC(C(=O)OC(C)(C)c2ccc3cc4ccc(C)cc4cc3c2)CC1.CCC(C)C(=O)OC1CCC(C(=O)OC(C)(C)c2ccc3cc4ccccc4cc3c2Br)CC1. The van der Waals surface area contributed by atoms with Gasteiger partial charge in [0.1, 0.15) is 35.1 Å². The molecule has 0 heterocycles. The van der Waals surface area contributed by atoms with E-state index in [1.807, 2.05) is 107 Å². The summed E-state index contributed by atoms with van der Waals surface area (Å²) in [5, 5.41) is 14.0. The molecule has 13 heteroatoms. The van der Waals surface area contributed by atoms with E-state index in [-0.39, 0.29) is 89.6 Å². The molecule has 3 fully saturated rings. The molecule has 10 aromatic rings. The Morgan fingerprint density at radius 2 is 0.692 bits per heavy atom. The lowest BCUT2D eigenvalue weighted by Gasteiger charge is -2.32. The van der Waals surface area contributed by atoms with Gasteiger partial charge in [0.25, 0.3) is 0 Å². The summed E-state index contributed by atoms with van der Waals surface area (Å²) in [6.07, 6.45) is 10.4. The van der Waals surface area contributed by atoms with Crippen molar-refractivity contribution < 1.29 is 57.2 Å². The maximum atomic E-state index is 13.1. The van der Waals surface area contributed by atoms with E-state index in [9.17, 15) is 28.8 Å². The van der Waals surface area contributed by atoms with Gasteiger partial charge >= 0.3 is 35.8 Å². The van der Waals surface area contributed by atoms with Crippen molar-refractivity contribution in [1.29, 1.82) is 0 Å². The average Bonchev–Trinajstić information content (AvgIpc) is 0.780. The Morgan fingerprint density at radius 3 is 1.13 bits per heavy atom. The first kappa shape index (κ1) is 79.1. The van der Waals surface area contributed by atoms with Gasteiger partial charge in [0.05, 0.1) is 35.5 Å². The number of benzene rings is 10. The second kappa shape index (κ2) is 34.5. The summed E-state index contributed by atoms with van der Waals surface area (Å²) >= 11 is 3.80. The van der Waals surface area contributed by atoms with Gasteiger partial charge in [-0.05, 0) is 302 Å². The summed E-state index contributed by atoms with van der Waals surface area (Å²) in [7, 11) is 0. The third kappa shape index (κ3) is 19.5. The Balaban J connectivity index is 0.000000160. The fraction of sp³-hybridized carbons (Fsp3) is 0.426. The Kier molecular flexibility index (Phi) is 25.5. The van der Waals surface area contributed by atoms with Gasteiger partial charge in [0, 0.05) is 10.0 Å². The van der Waals surface area contributed by atoms with Crippen molar-refractivity contribution in [3.63, 3.8) is 0 Å². The number of aryl methyl sites for hydroxylation is 1. The van der Waals surface area contributed by atoms with Crippen LogP contribution in [0.5, 0.6) is 0 Å². The molecule has 0 saturated heterocycles. The molecule has 12 nitrogen and oxygen atoms in total. The number of fused-ring (bicyclic) bond motifs is 6. The smallest absolute Gasteiger partial charge is 0.309 e. The van der Waals surface area contributed by atoms with Crippen molar-refractivity contribution >= 4 is 116 Å². The van der Waals surface area contributed by atoms with Crippen molar-refractivity contribution in [1.82, 2.24) is 0 Å². The number of esters is 6. The molecule has 0 aliphatic heterocycles. The zero-order valence-electron chi connectivity index (χ0n) is 64.8. The second-order valence-corrected chi connectivity index (χ2v) is 32.7. The monoisotopic (exact) mass is 1510 g/mol. The fourth-order valence-electron chi connectivity index (χ4n) is 14.9. The predicted octanol–water partition coefficient (Wildman–Crippen LogP) is 23.5. The molecule has 562 valence electrons. The van der Waals surface area contributed by atoms with Crippen LogP contribution in [0.2, 0.25) is 0 Å². The minimum atomic E-state index is -0.782. The predicted molar refractivity (Wildman–Crippen MR) is 433 cm³/mol. The van der Waals surface area contributed by atoms with Crippen molar-refractivity contribution in [2.24, 2.45) is 35.5 Å². The van der Waals surface area contributed by atoms with Gasteiger partial charge in [-0.2, -0.15) is 0 Å². The van der Waals surface area contributed by atoms with E-state index in [1.54, 1.807) is 0 Å². The largest absolute Gasteiger partial charge is 0.462 e. The summed E-state index contributed by atoms with van der Waals surface area (Å²) in [4.78, 5) is 75.5. The van der Waals surface area contributed by atoms with Crippen LogP contribution in [0.25, 0.3) is 75.8 Å². The van der Waals surface area contributed by atoms with Crippen LogP contribution in [0.4, 0.5) is 0 Å². The molecule has 3 aliphatic carbocycles. The van der Waals surface area contributed by atoms with E-state index in [4.69, 9.17) is 28.4 Å². The van der Waals surface area contributed by atoms with Crippen LogP contribution in [-0.4, -0.2) is 54.1 Å². The van der Waals surface area contributed by atoms with E-state index in [2.05, 4.69) is 175 Å². The lowest BCUT2D eigenvalue weighted by molar-refractivity contribution is -0.167. The molecular formula is C94H107BrO12. The molecule has 107 heavy (non-hydrogen) atoms. The maximum Gasteiger partial charge on any atom is 0.309 e. The summed E-state index contributed by atoms with van der Waals surface area (Å²) in [6, 6.07) is 61.8. The summed E-state index contributed by atoms with van der Waals surface area (Å²) in [6.45, 7) is 25.4. The third-order valence-electron chi connectivity index (χ3n) is 22.7. The molecule has 0 spiro atoms. The number of carbonyl (C=O) groups excluding carboxylic acids is 6. The van der Waals surface area contributed by atoms with E-state index in [1.165, 1.54) is 54.4 Å². The Morgan fingerprint density at radius 1 is 0.355 bits per heavy atom. The average molecular weight is 1510 g/mol. The number of hydrogen-bond donors (Lipinski definition) is 0. The fourth-order valence-corrected chi connectivity index (χ4v) is 15.8. The highest BCUT2D eigenvalue weighted by atomic mass is 79.9. The molecule has 3 atom stereocenters. The van der Waals surface area contributed by atoms with Gasteiger partial charge in [0.2, 0.25) is 0 Å². The van der Waals surface area contributed by atoms with Crippen LogP contribution >= 0.6 is 15.9 Å². The summed E-state index contributed by atoms with van der Waals surface area (Å²) < 4.78 is 36.1. The molecule has 13 rings (SSSR count). The Bertz CT molecular complexity index is 4850. The molecule has 10 aromatic carbocycles. The van der Waals surface area contributed by atoms with Crippen LogP contribution in [-0.2, 0) is 74.0 Å². The molecular weight excluding hydrogens is 1400 g/mol. The highest BCUT2D eigenvalue weighted by molar-refractivity contribution is 9.10. The van der Waals surface area contributed by atoms with Crippen molar-refractivity contribution in [2.45, 2.75) is 221 Å². The molecule has 0 N–H and O–H groups in total. The van der Waals surface area contributed by atoms with Crippen molar-refractivity contribution in [3.8, 4) is 11.1 Å². The Hall–Kier alpha value is -8.94. The first-order valence-electron chi connectivity index (χ1n) is 39.0. The standard InChI is InChI=1S/C35H38O4.C30H36O4.C29H33BrO4/c1-5-23(2)33(36)38-32-17-14-25(15-18-32)34(37)39-35(3,4)31-16-13-28-20-29-19-26(24-9-7-6-8-10-24)11-12-27(29)21-30(28)22-31;1-6-20(3)28(31)33-27-13-10-21(11-14-27)29(32)34-30(4,5)26-12-9-23-16-22-8-7-19(2)15-24(22)17-25(23)18-26;1-5-18(2)27(31)33-23-13-10-19(11-14-23)28(32)34-29(3,4)25-15-12-22-16-20-8-6-7-9-21(20)17-24(22)26(25)30/h6-13,16,19-23,25,32H,5,14-15,17-18H2,1-4H3;7-9,12,15-18,20-21,27H,6,10-11,13-14H2,1-5H3;6-9,12,15-19,23H,5,10-11,13-14H2,1-4H3.